The predicted octanol–water partition coefficient (Wildman–Crippen LogP) is 0.956. The van der Waals surface area contributed by atoms with E-state index >= 15 is 0 Å². The van der Waals surface area contributed by atoms with Gasteiger partial charge in [0.25, 0.3) is 0 Å². The third-order valence-electron chi connectivity index (χ3n) is 1.79. The van der Waals surface area contributed by atoms with Crippen molar-refractivity contribution in [2.75, 3.05) is 20.3 Å². The summed E-state index contributed by atoms with van der Waals surface area (Å²) < 4.78 is 10.4. The predicted molar refractivity (Wildman–Crippen MR) is 54.1 cm³/mol. The largest absolute Gasteiger partial charge is 0.492 e. The van der Waals surface area contributed by atoms with E-state index in [0.717, 1.165) is 17.9 Å². The van der Waals surface area contributed by atoms with Crippen LogP contribution in [0.5, 0.6) is 5.75 Å². The number of nitrogens with two attached hydrogens (primary N) is 1. The highest BCUT2D eigenvalue weighted by molar-refractivity contribution is 5.26. The summed E-state index contributed by atoms with van der Waals surface area (Å²) in [4.78, 5) is 4.11. The van der Waals surface area contributed by atoms with E-state index < -0.39 is 0 Å². The van der Waals surface area contributed by atoms with Crippen LogP contribution < -0.4 is 10.5 Å². The van der Waals surface area contributed by atoms with Crippen LogP contribution >= 0.6 is 0 Å². The van der Waals surface area contributed by atoms with Crippen LogP contribution in [0.3, 0.4) is 0 Å². The van der Waals surface area contributed by atoms with E-state index in [2.05, 4.69) is 4.98 Å². The number of hydrogen-bond donors (Lipinski definition) is 1. The third kappa shape index (κ3) is 3.32. The molecule has 1 heterocycles. The zero-order valence-electron chi connectivity index (χ0n) is 8.40. The molecule has 1 rings (SSSR count). The molecule has 0 spiro atoms. The van der Waals surface area contributed by atoms with Crippen LogP contribution in [-0.2, 0) is 11.3 Å². The van der Waals surface area contributed by atoms with E-state index in [1.54, 1.807) is 13.3 Å². The van der Waals surface area contributed by atoms with Crippen molar-refractivity contribution in [3.63, 3.8) is 0 Å². The highest BCUT2D eigenvalue weighted by Crippen LogP contribution is 2.14. The first-order valence-electron chi connectivity index (χ1n) is 4.64. The fourth-order valence-corrected chi connectivity index (χ4v) is 1.09. The molecular formula is C10H16N2O2. The van der Waals surface area contributed by atoms with E-state index in [1.807, 2.05) is 12.1 Å². The van der Waals surface area contributed by atoms with Crippen LogP contribution in [-0.4, -0.2) is 25.3 Å². The summed E-state index contributed by atoms with van der Waals surface area (Å²) in [5.74, 6) is 0.770. The average molecular weight is 196 g/mol. The minimum absolute atomic E-state index is 0.403. The van der Waals surface area contributed by atoms with Gasteiger partial charge in [0.05, 0.1) is 12.3 Å². The van der Waals surface area contributed by atoms with Gasteiger partial charge in [0, 0.05) is 32.9 Å². The quantitative estimate of drug-likeness (QED) is 0.688. The fraction of sp³-hybridized carbons (Fsp3) is 0.500. The van der Waals surface area contributed by atoms with Gasteiger partial charge >= 0.3 is 0 Å². The number of hydrogen-bond acceptors (Lipinski definition) is 4. The molecule has 0 aromatic carbocycles. The lowest BCUT2D eigenvalue weighted by Crippen LogP contribution is -2.06. The molecule has 4 nitrogen and oxygen atoms in total. The van der Waals surface area contributed by atoms with Crippen molar-refractivity contribution in [2.24, 2.45) is 5.73 Å². The first kappa shape index (κ1) is 10.9. The lowest BCUT2D eigenvalue weighted by atomic mass is 10.3. The molecule has 0 aliphatic rings. The molecule has 2 N–H and O–H groups in total. The van der Waals surface area contributed by atoms with E-state index in [1.165, 1.54) is 0 Å². The molecule has 0 atom stereocenters. The average Bonchev–Trinajstić information content (AvgIpc) is 2.25. The second-order valence-electron chi connectivity index (χ2n) is 2.85. The first-order valence-corrected chi connectivity index (χ1v) is 4.64. The Morgan fingerprint density at radius 3 is 3.00 bits per heavy atom. The fourth-order valence-electron chi connectivity index (χ4n) is 1.09. The monoisotopic (exact) mass is 196 g/mol. The molecular weight excluding hydrogens is 180 g/mol. The van der Waals surface area contributed by atoms with E-state index in [-0.39, 0.29) is 0 Å². The molecule has 0 radical (unpaired) electrons. The zero-order valence-corrected chi connectivity index (χ0v) is 8.40. The van der Waals surface area contributed by atoms with Gasteiger partial charge in [0.15, 0.2) is 0 Å². The van der Waals surface area contributed by atoms with Gasteiger partial charge in [-0.2, -0.15) is 0 Å². The Hall–Kier alpha value is -1.13. The van der Waals surface area contributed by atoms with Crippen molar-refractivity contribution >= 4 is 0 Å². The van der Waals surface area contributed by atoms with Gasteiger partial charge < -0.3 is 15.2 Å². The Kier molecular flexibility index (Phi) is 4.96. The van der Waals surface area contributed by atoms with Gasteiger partial charge in [-0.25, -0.2) is 0 Å². The van der Waals surface area contributed by atoms with E-state index in [4.69, 9.17) is 15.2 Å². The first-order chi connectivity index (χ1) is 6.88. The van der Waals surface area contributed by atoms with Crippen LogP contribution in [0.4, 0.5) is 0 Å². The molecule has 0 amide bonds. The topological polar surface area (TPSA) is 57.4 Å². The molecule has 0 aliphatic heterocycles. The Morgan fingerprint density at radius 2 is 2.29 bits per heavy atom. The smallest absolute Gasteiger partial charge is 0.142 e. The standard InChI is InChI=1S/C10H16N2O2/c1-13-6-3-7-14-10-4-2-5-12-9(10)8-11/h2,4-5H,3,6-8,11H2,1H3. The molecule has 1 aromatic rings. The Balaban J connectivity index is 2.41. The number of aromatic nitrogens is 1. The van der Waals surface area contributed by atoms with Gasteiger partial charge in [-0.3, -0.25) is 4.98 Å². The summed E-state index contributed by atoms with van der Waals surface area (Å²) in [5.41, 5.74) is 6.31. The van der Waals surface area contributed by atoms with Gasteiger partial charge in [0.2, 0.25) is 0 Å². The van der Waals surface area contributed by atoms with Crippen molar-refractivity contribution in [1.82, 2.24) is 4.98 Å². The summed E-state index contributed by atoms with van der Waals surface area (Å²) in [6.45, 7) is 1.74. The molecule has 0 unspecified atom stereocenters. The van der Waals surface area contributed by atoms with Crippen molar-refractivity contribution in [1.29, 1.82) is 0 Å². The van der Waals surface area contributed by atoms with Crippen molar-refractivity contribution in [3.05, 3.63) is 24.0 Å². The second kappa shape index (κ2) is 6.34. The normalized spacial score (nSPS) is 10.1. The Labute approximate surface area is 84.0 Å². The Morgan fingerprint density at radius 1 is 1.43 bits per heavy atom. The molecule has 0 fully saturated rings. The molecule has 14 heavy (non-hydrogen) atoms. The molecule has 0 saturated carbocycles. The number of rotatable bonds is 6. The number of methoxy groups -OCH3 is 1. The number of ether oxygens (including phenoxy) is 2. The zero-order chi connectivity index (χ0) is 10.2. The lowest BCUT2D eigenvalue weighted by molar-refractivity contribution is 0.171. The third-order valence-corrected chi connectivity index (χ3v) is 1.79. The molecule has 4 heteroatoms. The summed E-state index contributed by atoms with van der Waals surface area (Å²) in [6.07, 6.45) is 2.58. The van der Waals surface area contributed by atoms with Crippen LogP contribution in [0.1, 0.15) is 12.1 Å². The summed E-state index contributed by atoms with van der Waals surface area (Å²) >= 11 is 0. The molecule has 1 aromatic heterocycles. The lowest BCUT2D eigenvalue weighted by Gasteiger charge is -2.08. The van der Waals surface area contributed by atoms with Crippen LogP contribution in [0.2, 0.25) is 0 Å². The number of nitrogens with zero attached hydrogens (tertiary/aromatic N) is 1. The molecule has 0 bridgehead atoms. The minimum atomic E-state index is 0.403. The molecule has 0 saturated heterocycles. The van der Waals surface area contributed by atoms with E-state index in [0.29, 0.717) is 19.8 Å². The maximum Gasteiger partial charge on any atom is 0.142 e. The van der Waals surface area contributed by atoms with Crippen LogP contribution in [0.25, 0.3) is 0 Å². The highest BCUT2D eigenvalue weighted by Gasteiger charge is 2.01. The van der Waals surface area contributed by atoms with Gasteiger partial charge in [-0.05, 0) is 12.1 Å². The maximum absolute atomic E-state index is 5.51. The van der Waals surface area contributed by atoms with Gasteiger partial charge in [-0.15, -0.1) is 0 Å². The SMILES string of the molecule is COCCCOc1cccnc1CN. The summed E-state index contributed by atoms with van der Waals surface area (Å²) in [7, 11) is 1.68. The van der Waals surface area contributed by atoms with Crippen molar-refractivity contribution in [2.45, 2.75) is 13.0 Å². The van der Waals surface area contributed by atoms with E-state index in [9.17, 15) is 0 Å². The second-order valence-corrected chi connectivity index (χ2v) is 2.85. The molecule has 78 valence electrons. The summed E-state index contributed by atoms with van der Waals surface area (Å²) in [6, 6.07) is 3.72. The number of pyridine rings is 1. The van der Waals surface area contributed by atoms with Gasteiger partial charge in [-0.1, -0.05) is 0 Å². The Bertz CT molecular complexity index is 266. The summed E-state index contributed by atoms with van der Waals surface area (Å²) in [5, 5.41) is 0. The maximum atomic E-state index is 5.51. The van der Waals surface area contributed by atoms with Crippen LogP contribution in [0.15, 0.2) is 18.3 Å². The van der Waals surface area contributed by atoms with Crippen LogP contribution in [0, 0.1) is 0 Å². The van der Waals surface area contributed by atoms with Gasteiger partial charge in [0.1, 0.15) is 5.75 Å². The van der Waals surface area contributed by atoms with Crippen molar-refractivity contribution in [3.8, 4) is 5.75 Å². The highest BCUT2D eigenvalue weighted by atomic mass is 16.5. The van der Waals surface area contributed by atoms with Crippen molar-refractivity contribution < 1.29 is 9.47 Å². The minimum Gasteiger partial charge on any atom is -0.492 e. The molecule has 0 aliphatic carbocycles.